The summed E-state index contributed by atoms with van der Waals surface area (Å²) in [5, 5.41) is 19.8. The molecule has 1 unspecified atom stereocenters. The van der Waals surface area contributed by atoms with Gasteiger partial charge in [-0.15, -0.1) is 5.10 Å². The number of nitrogens with two attached hydrogens (primary N) is 1. The summed E-state index contributed by atoms with van der Waals surface area (Å²) in [7, 11) is 0. The molecule has 1 atom stereocenters. The van der Waals surface area contributed by atoms with Crippen LogP contribution in [0.1, 0.15) is 30.9 Å². The average Bonchev–Trinajstić information content (AvgIpc) is 3.27. The number of benzene rings is 3. The summed E-state index contributed by atoms with van der Waals surface area (Å²) in [6, 6.07) is 25.0. The summed E-state index contributed by atoms with van der Waals surface area (Å²) in [5.74, 6) is 0.128. The number of nitrogens with one attached hydrogen (secondary N) is 1. The Morgan fingerprint density at radius 3 is 2.48 bits per heavy atom. The summed E-state index contributed by atoms with van der Waals surface area (Å²) in [6.45, 7) is 6.14. The largest absolute Gasteiger partial charge is 0.420 e. The third kappa shape index (κ3) is 3.39. The Morgan fingerprint density at radius 1 is 1.03 bits per heavy atom. The van der Waals surface area contributed by atoms with Crippen LogP contribution in [0.15, 0.2) is 78.2 Å². The van der Waals surface area contributed by atoms with E-state index in [-0.39, 0.29) is 11.8 Å². The van der Waals surface area contributed by atoms with E-state index in [0.29, 0.717) is 11.5 Å². The first kappa shape index (κ1) is 20.7. The monoisotopic (exact) mass is 435 g/mol. The van der Waals surface area contributed by atoms with Crippen molar-refractivity contribution in [3.63, 3.8) is 0 Å². The van der Waals surface area contributed by atoms with Crippen LogP contribution in [-0.2, 0) is 0 Å². The molecule has 6 heteroatoms. The van der Waals surface area contributed by atoms with Gasteiger partial charge in [0.2, 0.25) is 11.8 Å². The van der Waals surface area contributed by atoms with Crippen molar-refractivity contribution >= 4 is 16.5 Å². The molecule has 0 spiro atoms. The lowest BCUT2D eigenvalue weighted by molar-refractivity contribution is 0.379. The van der Waals surface area contributed by atoms with Crippen molar-refractivity contribution in [1.29, 1.82) is 5.26 Å². The highest BCUT2D eigenvalue weighted by Crippen LogP contribution is 2.46. The fourth-order valence-corrected chi connectivity index (χ4v) is 4.69. The molecule has 1 aliphatic heterocycles. The highest BCUT2D eigenvalue weighted by Gasteiger charge is 2.35. The number of rotatable bonds is 5. The van der Waals surface area contributed by atoms with E-state index < -0.39 is 0 Å². The molecule has 4 aromatic rings. The summed E-state index contributed by atoms with van der Waals surface area (Å²) >= 11 is 0. The van der Waals surface area contributed by atoms with Crippen LogP contribution in [-0.4, -0.2) is 23.3 Å². The van der Waals surface area contributed by atoms with Crippen LogP contribution in [0.5, 0.6) is 5.88 Å². The van der Waals surface area contributed by atoms with Gasteiger partial charge in [-0.3, -0.25) is 5.10 Å². The maximum atomic E-state index is 10.0. The number of hydrogen-bond donors (Lipinski definition) is 2. The maximum Gasteiger partial charge on any atom is 0.244 e. The van der Waals surface area contributed by atoms with Crippen LogP contribution in [0.2, 0.25) is 0 Å². The molecule has 164 valence electrons. The van der Waals surface area contributed by atoms with Crippen LogP contribution in [0.4, 0.5) is 5.69 Å². The molecule has 3 aromatic carbocycles. The molecule has 0 fully saturated rings. The number of aromatic amines is 1. The van der Waals surface area contributed by atoms with Crippen LogP contribution in [0.3, 0.4) is 0 Å². The summed E-state index contributed by atoms with van der Waals surface area (Å²) in [4.78, 5) is 2.29. The number of hydrogen-bond acceptors (Lipinski definition) is 5. The summed E-state index contributed by atoms with van der Waals surface area (Å²) in [6.07, 6.45) is 0. The van der Waals surface area contributed by atoms with Gasteiger partial charge < -0.3 is 15.4 Å². The van der Waals surface area contributed by atoms with Gasteiger partial charge in [0.25, 0.3) is 0 Å². The first-order valence-corrected chi connectivity index (χ1v) is 11.1. The molecule has 6 nitrogen and oxygen atoms in total. The van der Waals surface area contributed by atoms with Crippen molar-refractivity contribution in [3.05, 3.63) is 89.3 Å². The Morgan fingerprint density at radius 2 is 1.76 bits per heavy atom. The first-order chi connectivity index (χ1) is 16.2. The number of ether oxygens (including phenoxy) is 1. The number of allylic oxidation sites excluding steroid dienone is 1. The van der Waals surface area contributed by atoms with Crippen molar-refractivity contribution in [1.82, 2.24) is 10.2 Å². The van der Waals surface area contributed by atoms with Crippen molar-refractivity contribution in [2.75, 3.05) is 18.0 Å². The molecule has 3 N–H and O–H groups in total. The van der Waals surface area contributed by atoms with Gasteiger partial charge in [-0.1, -0.05) is 54.6 Å². The van der Waals surface area contributed by atoms with E-state index in [0.717, 1.165) is 51.9 Å². The molecule has 0 aliphatic carbocycles. The van der Waals surface area contributed by atoms with Crippen molar-refractivity contribution in [2.45, 2.75) is 19.8 Å². The highest BCUT2D eigenvalue weighted by molar-refractivity contribution is 5.97. The number of fused-ring (bicyclic) bond motifs is 2. The van der Waals surface area contributed by atoms with Crippen molar-refractivity contribution in [3.8, 4) is 23.2 Å². The maximum absolute atomic E-state index is 10.0. The minimum atomic E-state index is -0.378. The number of nitriles is 1. The van der Waals surface area contributed by atoms with Gasteiger partial charge in [0.1, 0.15) is 11.6 Å². The van der Waals surface area contributed by atoms with E-state index in [1.54, 1.807) is 0 Å². The van der Waals surface area contributed by atoms with Gasteiger partial charge in [0.05, 0.1) is 17.2 Å². The van der Waals surface area contributed by atoms with Gasteiger partial charge in [-0.2, -0.15) is 5.26 Å². The quantitative estimate of drug-likeness (QED) is 0.444. The Balaban J connectivity index is 1.69. The third-order valence-corrected chi connectivity index (χ3v) is 6.35. The molecule has 1 aromatic heterocycles. The SMILES string of the molecule is CCN(CC)c1ccc(C2C(C#N)=C(N)Oc3n[nH]c(-c4cccc5ccccc45)c32)cc1. The number of aromatic nitrogens is 2. The molecule has 1 aliphatic rings. The Bertz CT molecular complexity index is 1390. The normalized spacial score (nSPS) is 15.1. The van der Waals surface area contributed by atoms with E-state index in [1.165, 1.54) is 0 Å². The molecule has 0 bridgehead atoms. The fraction of sp³-hybridized carbons (Fsp3) is 0.185. The molecule has 0 saturated carbocycles. The molecular weight excluding hydrogens is 410 g/mol. The van der Waals surface area contributed by atoms with Crippen LogP contribution in [0, 0.1) is 11.3 Å². The third-order valence-electron chi connectivity index (χ3n) is 6.35. The number of nitrogens with zero attached hydrogens (tertiary/aromatic N) is 3. The molecule has 0 radical (unpaired) electrons. The van der Waals surface area contributed by atoms with E-state index in [4.69, 9.17) is 10.5 Å². The standard InChI is InChI=1S/C27H25N5O/c1-3-32(4-2)19-14-12-18(13-15-19)23-22(16-28)26(29)33-27-24(23)25(30-31-27)21-11-7-9-17-8-5-6-10-20(17)21/h5-15,23H,3-4,29H2,1-2H3,(H,30,31). The lowest BCUT2D eigenvalue weighted by atomic mass is 9.82. The predicted octanol–water partition coefficient (Wildman–Crippen LogP) is 5.29. The van der Waals surface area contributed by atoms with Crippen molar-refractivity contribution in [2.24, 2.45) is 5.73 Å². The van der Waals surface area contributed by atoms with Gasteiger partial charge >= 0.3 is 0 Å². The average molecular weight is 436 g/mol. The summed E-state index contributed by atoms with van der Waals surface area (Å²) in [5.41, 5.74) is 11.3. The molecular formula is C27H25N5O. The Kier molecular flexibility index (Phi) is 5.23. The Hall–Kier alpha value is -4.24. The minimum Gasteiger partial charge on any atom is -0.420 e. The molecule has 2 heterocycles. The zero-order chi connectivity index (χ0) is 22.9. The van der Waals surface area contributed by atoms with E-state index >= 15 is 0 Å². The van der Waals surface area contributed by atoms with Gasteiger partial charge in [-0.25, -0.2) is 0 Å². The topological polar surface area (TPSA) is 91.0 Å². The lowest BCUT2D eigenvalue weighted by Crippen LogP contribution is -2.22. The number of anilines is 1. The van der Waals surface area contributed by atoms with Crippen LogP contribution >= 0.6 is 0 Å². The second-order valence-corrected chi connectivity index (χ2v) is 8.03. The molecule has 0 amide bonds. The lowest BCUT2D eigenvalue weighted by Gasteiger charge is -2.26. The first-order valence-electron chi connectivity index (χ1n) is 11.1. The highest BCUT2D eigenvalue weighted by atomic mass is 16.5. The fourth-order valence-electron chi connectivity index (χ4n) is 4.69. The second kappa shape index (κ2) is 8.36. The second-order valence-electron chi connectivity index (χ2n) is 8.03. The van der Waals surface area contributed by atoms with Gasteiger partial charge in [0.15, 0.2) is 0 Å². The summed E-state index contributed by atoms with van der Waals surface area (Å²) < 4.78 is 5.78. The molecule has 33 heavy (non-hydrogen) atoms. The zero-order valence-corrected chi connectivity index (χ0v) is 18.7. The minimum absolute atomic E-state index is 0.0961. The van der Waals surface area contributed by atoms with E-state index in [1.807, 2.05) is 18.2 Å². The van der Waals surface area contributed by atoms with E-state index in [2.05, 4.69) is 83.5 Å². The Labute approximate surface area is 192 Å². The van der Waals surface area contributed by atoms with Crippen LogP contribution in [0.25, 0.3) is 22.0 Å². The smallest absolute Gasteiger partial charge is 0.244 e. The van der Waals surface area contributed by atoms with Gasteiger partial charge in [-0.05, 0) is 42.3 Å². The predicted molar refractivity (Wildman–Crippen MR) is 131 cm³/mol. The van der Waals surface area contributed by atoms with Crippen LogP contribution < -0.4 is 15.4 Å². The van der Waals surface area contributed by atoms with Crippen molar-refractivity contribution < 1.29 is 4.74 Å². The molecule has 0 saturated heterocycles. The van der Waals surface area contributed by atoms with Gasteiger partial charge in [0, 0.05) is 24.3 Å². The van der Waals surface area contributed by atoms with E-state index in [9.17, 15) is 5.26 Å². The number of H-pyrrole nitrogens is 1. The zero-order valence-electron chi connectivity index (χ0n) is 18.7. The molecule has 5 rings (SSSR count).